The van der Waals surface area contributed by atoms with Gasteiger partial charge in [-0.3, -0.25) is 0 Å². The number of nitrogens with one attached hydrogen (secondary N) is 1. The number of aromatic nitrogens is 2. The second-order valence-corrected chi connectivity index (χ2v) is 4.18. The molecule has 0 spiro atoms. The largest absolute Gasteiger partial charge is 0.377 e. The van der Waals surface area contributed by atoms with Crippen LogP contribution in [0, 0.1) is 11.6 Å². The van der Waals surface area contributed by atoms with Crippen LogP contribution in [0.25, 0.3) is 5.65 Å². The zero-order chi connectivity index (χ0) is 13.2. The van der Waals surface area contributed by atoms with Crippen molar-refractivity contribution < 1.29 is 8.78 Å². The van der Waals surface area contributed by atoms with E-state index in [0.29, 0.717) is 6.54 Å². The van der Waals surface area contributed by atoms with Crippen LogP contribution in [0.3, 0.4) is 0 Å². The van der Waals surface area contributed by atoms with Crippen LogP contribution >= 0.6 is 0 Å². The molecule has 3 aromatic rings. The summed E-state index contributed by atoms with van der Waals surface area (Å²) in [6.45, 7) is 0.379. The summed E-state index contributed by atoms with van der Waals surface area (Å²) >= 11 is 0. The molecule has 19 heavy (non-hydrogen) atoms. The number of anilines is 1. The van der Waals surface area contributed by atoms with Gasteiger partial charge in [0.15, 0.2) is 0 Å². The summed E-state index contributed by atoms with van der Waals surface area (Å²) in [6.07, 6.45) is 3.76. The highest BCUT2D eigenvalue weighted by Crippen LogP contribution is 2.16. The molecule has 1 aromatic carbocycles. The molecule has 0 aliphatic heterocycles. The van der Waals surface area contributed by atoms with E-state index in [1.807, 2.05) is 35.0 Å². The molecule has 3 nitrogen and oxygen atoms in total. The summed E-state index contributed by atoms with van der Waals surface area (Å²) in [5, 5.41) is 2.90. The van der Waals surface area contributed by atoms with Crippen LogP contribution in [0.5, 0.6) is 0 Å². The van der Waals surface area contributed by atoms with Crippen molar-refractivity contribution in [2.75, 3.05) is 5.32 Å². The van der Waals surface area contributed by atoms with Crippen molar-refractivity contribution in [2.24, 2.45) is 0 Å². The molecule has 0 aliphatic rings. The van der Waals surface area contributed by atoms with E-state index in [2.05, 4.69) is 10.3 Å². The Morgan fingerprint density at radius 3 is 2.84 bits per heavy atom. The predicted molar refractivity (Wildman–Crippen MR) is 68.9 cm³/mol. The minimum absolute atomic E-state index is 0.262. The lowest BCUT2D eigenvalue weighted by Gasteiger charge is -2.05. The average molecular weight is 259 g/mol. The molecular formula is C14H11F2N3. The Hall–Kier alpha value is -2.43. The quantitative estimate of drug-likeness (QED) is 0.782. The summed E-state index contributed by atoms with van der Waals surface area (Å²) in [4.78, 5) is 4.38. The van der Waals surface area contributed by atoms with Gasteiger partial charge in [-0.05, 0) is 24.3 Å². The Balaban J connectivity index is 1.78. The van der Waals surface area contributed by atoms with Gasteiger partial charge in [0, 0.05) is 18.5 Å². The monoisotopic (exact) mass is 259 g/mol. The summed E-state index contributed by atoms with van der Waals surface area (Å²) in [6, 6.07) is 9.15. The average Bonchev–Trinajstić information content (AvgIpc) is 2.80. The molecule has 0 saturated heterocycles. The van der Waals surface area contributed by atoms with Gasteiger partial charge in [-0.15, -0.1) is 0 Å². The van der Waals surface area contributed by atoms with Gasteiger partial charge in [0.25, 0.3) is 0 Å². The highest BCUT2D eigenvalue weighted by molar-refractivity contribution is 5.46. The van der Waals surface area contributed by atoms with Crippen LogP contribution in [-0.2, 0) is 6.54 Å². The van der Waals surface area contributed by atoms with E-state index in [1.165, 1.54) is 12.1 Å². The van der Waals surface area contributed by atoms with Crippen LogP contribution in [0.1, 0.15) is 5.69 Å². The van der Waals surface area contributed by atoms with Crippen LogP contribution < -0.4 is 5.32 Å². The number of hydrogen-bond acceptors (Lipinski definition) is 2. The van der Waals surface area contributed by atoms with Crippen LogP contribution in [0.2, 0.25) is 0 Å². The zero-order valence-corrected chi connectivity index (χ0v) is 9.98. The Morgan fingerprint density at radius 2 is 2.05 bits per heavy atom. The van der Waals surface area contributed by atoms with Gasteiger partial charge in [0.05, 0.1) is 17.9 Å². The Kier molecular flexibility index (Phi) is 2.87. The number of hydrogen-bond donors (Lipinski definition) is 1. The number of imidazole rings is 1. The summed E-state index contributed by atoms with van der Waals surface area (Å²) in [7, 11) is 0. The predicted octanol–water partition coefficient (Wildman–Crippen LogP) is 3.22. The zero-order valence-electron chi connectivity index (χ0n) is 9.98. The maximum absolute atomic E-state index is 13.4. The molecule has 2 heterocycles. The van der Waals surface area contributed by atoms with Crippen LogP contribution in [-0.4, -0.2) is 9.38 Å². The lowest BCUT2D eigenvalue weighted by molar-refractivity contribution is 0.585. The first-order valence-corrected chi connectivity index (χ1v) is 5.84. The van der Waals surface area contributed by atoms with Crippen molar-refractivity contribution in [2.45, 2.75) is 6.54 Å². The molecule has 0 saturated carbocycles. The van der Waals surface area contributed by atoms with Gasteiger partial charge in [-0.1, -0.05) is 6.07 Å². The number of pyridine rings is 1. The third-order valence-electron chi connectivity index (χ3n) is 2.80. The van der Waals surface area contributed by atoms with Crippen LogP contribution in [0.15, 0.2) is 48.8 Å². The molecule has 2 aromatic heterocycles. The smallest absolute Gasteiger partial charge is 0.149 e. The van der Waals surface area contributed by atoms with E-state index in [9.17, 15) is 8.78 Å². The summed E-state index contributed by atoms with van der Waals surface area (Å²) in [5.41, 5.74) is 1.88. The third-order valence-corrected chi connectivity index (χ3v) is 2.80. The molecule has 5 heteroatoms. The van der Waals surface area contributed by atoms with Crippen molar-refractivity contribution >= 4 is 11.3 Å². The maximum atomic E-state index is 13.4. The summed E-state index contributed by atoms with van der Waals surface area (Å²) < 4.78 is 28.1. The fourth-order valence-electron chi connectivity index (χ4n) is 1.89. The van der Waals surface area contributed by atoms with Crippen molar-refractivity contribution in [3.8, 4) is 0 Å². The fraction of sp³-hybridized carbons (Fsp3) is 0.0714. The van der Waals surface area contributed by atoms with Gasteiger partial charge < -0.3 is 9.72 Å². The first kappa shape index (κ1) is 11.6. The molecule has 3 rings (SSSR count). The number of benzene rings is 1. The molecule has 96 valence electrons. The molecule has 0 radical (unpaired) electrons. The number of fused-ring (bicyclic) bond motifs is 1. The van der Waals surface area contributed by atoms with E-state index >= 15 is 0 Å². The topological polar surface area (TPSA) is 29.3 Å². The minimum atomic E-state index is -0.608. The standard InChI is InChI=1S/C14H11F2N3/c15-10-4-5-13(12(16)7-10)17-8-11-9-19-6-2-1-3-14(19)18-11/h1-7,9,17H,8H2. The highest BCUT2D eigenvalue weighted by atomic mass is 19.1. The van der Waals surface area contributed by atoms with Gasteiger partial charge in [-0.25, -0.2) is 13.8 Å². The number of halogens is 2. The van der Waals surface area contributed by atoms with Crippen molar-refractivity contribution in [3.63, 3.8) is 0 Å². The maximum Gasteiger partial charge on any atom is 0.149 e. The van der Waals surface area contributed by atoms with Crippen molar-refractivity contribution in [1.29, 1.82) is 0 Å². The minimum Gasteiger partial charge on any atom is -0.377 e. The molecule has 0 atom stereocenters. The SMILES string of the molecule is Fc1ccc(NCc2cn3ccccc3n2)c(F)c1. The molecule has 1 N–H and O–H groups in total. The van der Waals surface area contributed by atoms with E-state index in [4.69, 9.17) is 0 Å². The Labute approximate surface area is 108 Å². The second kappa shape index (κ2) is 4.68. The Bertz CT molecular complexity index is 689. The number of rotatable bonds is 3. The van der Waals surface area contributed by atoms with E-state index < -0.39 is 11.6 Å². The third kappa shape index (κ3) is 2.40. The Morgan fingerprint density at radius 1 is 1.16 bits per heavy atom. The van der Waals surface area contributed by atoms with Crippen molar-refractivity contribution in [3.05, 3.63) is 66.1 Å². The molecule has 0 aliphatic carbocycles. The molecule has 0 fully saturated rings. The molecule has 0 bridgehead atoms. The van der Waals surface area contributed by atoms with Gasteiger partial charge in [0.2, 0.25) is 0 Å². The molecule has 0 unspecified atom stereocenters. The molecular weight excluding hydrogens is 248 g/mol. The second-order valence-electron chi connectivity index (χ2n) is 4.18. The lowest BCUT2D eigenvalue weighted by atomic mass is 10.3. The summed E-state index contributed by atoms with van der Waals surface area (Å²) in [5.74, 6) is -1.19. The molecule has 0 amide bonds. The van der Waals surface area contributed by atoms with Gasteiger partial charge >= 0.3 is 0 Å². The van der Waals surface area contributed by atoms with E-state index in [1.54, 1.807) is 0 Å². The van der Waals surface area contributed by atoms with Crippen molar-refractivity contribution in [1.82, 2.24) is 9.38 Å². The highest BCUT2D eigenvalue weighted by Gasteiger charge is 2.05. The van der Waals surface area contributed by atoms with Crippen LogP contribution in [0.4, 0.5) is 14.5 Å². The first-order chi connectivity index (χ1) is 9.22. The van der Waals surface area contributed by atoms with E-state index in [0.717, 1.165) is 17.4 Å². The van der Waals surface area contributed by atoms with E-state index in [-0.39, 0.29) is 5.69 Å². The number of nitrogens with zero attached hydrogens (tertiary/aromatic N) is 2. The lowest BCUT2D eigenvalue weighted by Crippen LogP contribution is -2.01. The first-order valence-electron chi connectivity index (χ1n) is 5.84. The fourth-order valence-corrected chi connectivity index (χ4v) is 1.89. The normalized spacial score (nSPS) is 10.8. The van der Waals surface area contributed by atoms with Gasteiger partial charge in [0.1, 0.15) is 17.3 Å². The van der Waals surface area contributed by atoms with Gasteiger partial charge in [-0.2, -0.15) is 0 Å².